The lowest BCUT2D eigenvalue weighted by Gasteiger charge is -2.34. The maximum atomic E-state index is 13.1. The maximum Gasteiger partial charge on any atom is 0.251 e. The first-order valence-electron chi connectivity index (χ1n) is 9.74. The molecule has 0 saturated carbocycles. The molecule has 2 aliphatic heterocycles. The fourth-order valence-corrected chi connectivity index (χ4v) is 5.11. The van der Waals surface area contributed by atoms with Crippen LogP contribution in [0, 0.1) is 5.92 Å². The van der Waals surface area contributed by atoms with E-state index in [0.29, 0.717) is 44.7 Å². The SMILES string of the molecule is CCc1cc(=O)[nH]c([C@@H]2CCCN2C(=O)C2CCN(S(=O)(=O)CC)CC2)n1. The molecule has 150 valence electrons. The van der Waals surface area contributed by atoms with Gasteiger partial charge in [0.2, 0.25) is 15.9 Å². The monoisotopic (exact) mass is 396 g/mol. The Balaban J connectivity index is 1.72. The number of nitrogens with one attached hydrogen (secondary N) is 1. The molecule has 0 aliphatic carbocycles. The van der Waals surface area contributed by atoms with Gasteiger partial charge in [0.15, 0.2) is 0 Å². The van der Waals surface area contributed by atoms with Gasteiger partial charge in [-0.3, -0.25) is 9.59 Å². The van der Waals surface area contributed by atoms with Crippen molar-refractivity contribution in [3.63, 3.8) is 0 Å². The highest BCUT2D eigenvalue weighted by Gasteiger charge is 2.37. The fourth-order valence-electron chi connectivity index (χ4n) is 3.98. The van der Waals surface area contributed by atoms with Crippen molar-refractivity contribution in [2.75, 3.05) is 25.4 Å². The van der Waals surface area contributed by atoms with Crippen molar-refractivity contribution in [1.82, 2.24) is 19.2 Å². The van der Waals surface area contributed by atoms with Crippen LogP contribution in [0.4, 0.5) is 0 Å². The minimum atomic E-state index is -3.20. The highest BCUT2D eigenvalue weighted by atomic mass is 32.2. The van der Waals surface area contributed by atoms with Gasteiger partial charge in [-0.05, 0) is 39.0 Å². The van der Waals surface area contributed by atoms with E-state index in [9.17, 15) is 18.0 Å². The smallest absolute Gasteiger partial charge is 0.251 e. The normalized spacial score (nSPS) is 22.3. The minimum absolute atomic E-state index is 0.0515. The second-order valence-electron chi connectivity index (χ2n) is 7.24. The van der Waals surface area contributed by atoms with Crippen LogP contribution in [0.15, 0.2) is 10.9 Å². The lowest BCUT2D eigenvalue weighted by atomic mass is 9.96. The number of aromatic amines is 1. The van der Waals surface area contributed by atoms with Crippen molar-refractivity contribution < 1.29 is 13.2 Å². The maximum absolute atomic E-state index is 13.1. The van der Waals surface area contributed by atoms with Gasteiger partial charge in [0.05, 0.1) is 11.8 Å². The molecule has 8 nitrogen and oxygen atoms in total. The van der Waals surface area contributed by atoms with E-state index < -0.39 is 10.0 Å². The molecular formula is C18H28N4O4S. The molecule has 0 bridgehead atoms. The fraction of sp³-hybridized carbons (Fsp3) is 0.722. The summed E-state index contributed by atoms with van der Waals surface area (Å²) in [5, 5.41) is 0. The van der Waals surface area contributed by atoms with Gasteiger partial charge in [0, 0.05) is 37.3 Å². The van der Waals surface area contributed by atoms with Gasteiger partial charge in [-0.15, -0.1) is 0 Å². The average Bonchev–Trinajstić information content (AvgIpc) is 3.16. The molecule has 2 fully saturated rings. The highest BCUT2D eigenvalue weighted by Crippen LogP contribution is 2.33. The quantitative estimate of drug-likeness (QED) is 0.801. The summed E-state index contributed by atoms with van der Waals surface area (Å²) in [6.45, 7) is 5.02. The number of nitrogens with zero attached hydrogens (tertiary/aromatic N) is 3. The summed E-state index contributed by atoms with van der Waals surface area (Å²) in [6.07, 6.45) is 3.41. The number of carbonyl (C=O) groups is 1. The molecule has 1 atom stereocenters. The number of carbonyl (C=O) groups excluding carboxylic acids is 1. The molecule has 27 heavy (non-hydrogen) atoms. The van der Waals surface area contributed by atoms with Crippen LogP contribution in [0.3, 0.4) is 0 Å². The Labute approximate surface area is 160 Å². The second kappa shape index (κ2) is 8.10. The molecule has 1 amide bonds. The third-order valence-corrected chi connectivity index (χ3v) is 7.47. The van der Waals surface area contributed by atoms with Crippen LogP contribution < -0.4 is 5.56 Å². The van der Waals surface area contributed by atoms with E-state index >= 15 is 0 Å². The molecule has 0 aromatic carbocycles. The number of amides is 1. The van der Waals surface area contributed by atoms with Gasteiger partial charge in [0.25, 0.3) is 5.56 Å². The van der Waals surface area contributed by atoms with E-state index in [2.05, 4.69) is 9.97 Å². The Hall–Kier alpha value is -1.74. The molecule has 2 saturated heterocycles. The van der Waals surface area contributed by atoms with Crippen molar-refractivity contribution >= 4 is 15.9 Å². The summed E-state index contributed by atoms with van der Waals surface area (Å²) >= 11 is 0. The van der Waals surface area contributed by atoms with Crippen molar-refractivity contribution in [1.29, 1.82) is 0 Å². The summed E-state index contributed by atoms with van der Waals surface area (Å²) in [4.78, 5) is 34.1. The molecule has 1 N–H and O–H groups in total. The number of rotatable bonds is 5. The van der Waals surface area contributed by atoms with Crippen molar-refractivity contribution in [2.45, 2.75) is 52.0 Å². The molecule has 3 heterocycles. The number of sulfonamides is 1. The van der Waals surface area contributed by atoms with Crippen LogP contribution in [0.2, 0.25) is 0 Å². The van der Waals surface area contributed by atoms with Gasteiger partial charge in [-0.2, -0.15) is 0 Å². The number of likely N-dealkylation sites (tertiary alicyclic amines) is 1. The largest absolute Gasteiger partial charge is 0.332 e. The Kier molecular flexibility index (Phi) is 6.00. The third-order valence-electron chi connectivity index (χ3n) is 5.59. The molecule has 2 aliphatic rings. The highest BCUT2D eigenvalue weighted by molar-refractivity contribution is 7.89. The number of hydrogen-bond donors (Lipinski definition) is 1. The first-order chi connectivity index (χ1) is 12.9. The molecule has 0 unspecified atom stereocenters. The van der Waals surface area contributed by atoms with Gasteiger partial charge in [-0.25, -0.2) is 17.7 Å². The molecular weight excluding hydrogens is 368 g/mol. The zero-order chi connectivity index (χ0) is 19.6. The first-order valence-corrected chi connectivity index (χ1v) is 11.3. The molecule has 9 heteroatoms. The zero-order valence-corrected chi connectivity index (χ0v) is 16.8. The Bertz CT molecular complexity index is 843. The summed E-state index contributed by atoms with van der Waals surface area (Å²) in [5.74, 6) is 0.536. The Morgan fingerprint density at radius 3 is 2.56 bits per heavy atom. The predicted molar refractivity (Wildman–Crippen MR) is 102 cm³/mol. The lowest BCUT2D eigenvalue weighted by Crippen LogP contribution is -2.44. The van der Waals surface area contributed by atoms with Crippen molar-refractivity contribution in [2.24, 2.45) is 5.92 Å². The summed E-state index contributed by atoms with van der Waals surface area (Å²) in [5.41, 5.74) is 0.542. The molecule has 1 aromatic heterocycles. The van der Waals surface area contributed by atoms with E-state index in [-0.39, 0.29) is 29.2 Å². The van der Waals surface area contributed by atoms with Crippen molar-refractivity contribution in [3.8, 4) is 0 Å². The van der Waals surface area contributed by atoms with E-state index in [1.165, 1.54) is 10.4 Å². The zero-order valence-electron chi connectivity index (χ0n) is 16.0. The number of aryl methyl sites for hydroxylation is 1. The minimum Gasteiger partial charge on any atom is -0.332 e. The van der Waals surface area contributed by atoms with Crippen LogP contribution in [-0.4, -0.2) is 58.9 Å². The van der Waals surface area contributed by atoms with Crippen LogP contribution in [0.5, 0.6) is 0 Å². The van der Waals surface area contributed by atoms with Crippen LogP contribution >= 0.6 is 0 Å². The van der Waals surface area contributed by atoms with E-state index in [4.69, 9.17) is 0 Å². The van der Waals surface area contributed by atoms with Crippen LogP contribution in [0.25, 0.3) is 0 Å². The second-order valence-corrected chi connectivity index (χ2v) is 9.50. The topological polar surface area (TPSA) is 103 Å². The lowest BCUT2D eigenvalue weighted by molar-refractivity contribution is -0.137. The molecule has 0 radical (unpaired) electrons. The summed E-state index contributed by atoms with van der Waals surface area (Å²) in [6, 6.07) is 1.29. The summed E-state index contributed by atoms with van der Waals surface area (Å²) < 4.78 is 25.5. The van der Waals surface area contributed by atoms with Crippen LogP contribution in [0.1, 0.15) is 57.1 Å². The number of hydrogen-bond acceptors (Lipinski definition) is 5. The molecule has 0 spiro atoms. The third kappa shape index (κ3) is 4.24. The molecule has 3 rings (SSSR count). The van der Waals surface area contributed by atoms with Crippen molar-refractivity contribution in [3.05, 3.63) is 27.9 Å². The van der Waals surface area contributed by atoms with Gasteiger partial charge in [-0.1, -0.05) is 6.92 Å². The number of piperidine rings is 1. The standard InChI is InChI=1S/C18H28N4O4S/c1-3-14-12-16(23)20-17(19-14)15-6-5-9-22(15)18(24)13-7-10-21(11-8-13)27(25,26)4-2/h12-13,15H,3-11H2,1-2H3,(H,19,20,23)/t15-/m0/s1. The number of aromatic nitrogens is 2. The Morgan fingerprint density at radius 2 is 1.93 bits per heavy atom. The van der Waals surface area contributed by atoms with E-state index in [0.717, 1.165) is 18.5 Å². The van der Waals surface area contributed by atoms with Gasteiger partial charge < -0.3 is 9.88 Å². The number of H-pyrrole nitrogens is 1. The van der Waals surface area contributed by atoms with Gasteiger partial charge >= 0.3 is 0 Å². The summed E-state index contributed by atoms with van der Waals surface area (Å²) in [7, 11) is -3.20. The van der Waals surface area contributed by atoms with Gasteiger partial charge in [0.1, 0.15) is 5.82 Å². The molecule has 1 aromatic rings. The Morgan fingerprint density at radius 1 is 1.22 bits per heavy atom. The average molecular weight is 397 g/mol. The first kappa shape index (κ1) is 20.0. The van der Waals surface area contributed by atoms with E-state index in [1.807, 2.05) is 11.8 Å². The van der Waals surface area contributed by atoms with E-state index in [1.54, 1.807) is 6.92 Å². The predicted octanol–water partition coefficient (Wildman–Crippen LogP) is 1.06. The van der Waals surface area contributed by atoms with Crippen LogP contribution in [-0.2, 0) is 21.2 Å².